The largest absolute Gasteiger partial charge is 0.416 e. The molecular formula is C42H42F6HfSi-2. The van der Waals surface area contributed by atoms with Crippen molar-refractivity contribution in [2.24, 2.45) is 11.8 Å². The van der Waals surface area contributed by atoms with Crippen LogP contribution in [0.1, 0.15) is 49.9 Å². The first-order valence-corrected chi connectivity index (χ1v) is 18.4. The zero-order chi connectivity index (χ0) is 35.9. The van der Waals surface area contributed by atoms with Gasteiger partial charge >= 0.3 is 12.4 Å². The third-order valence-corrected chi connectivity index (χ3v) is 7.95. The maximum atomic E-state index is 13.3. The predicted molar refractivity (Wildman–Crippen MR) is 195 cm³/mol. The van der Waals surface area contributed by atoms with Crippen LogP contribution in [0.5, 0.6) is 0 Å². The molecule has 6 aromatic rings. The van der Waals surface area contributed by atoms with Crippen LogP contribution in [0.4, 0.5) is 26.3 Å². The average Bonchev–Trinajstić information content (AvgIpc) is 3.63. The molecule has 0 bridgehead atoms. The van der Waals surface area contributed by atoms with Crippen molar-refractivity contribution in [3.05, 3.63) is 131 Å². The van der Waals surface area contributed by atoms with E-state index in [1.54, 1.807) is 36.4 Å². The minimum Gasteiger partial charge on any atom is -0.166 e. The first kappa shape index (κ1) is 41.2. The minimum atomic E-state index is -4.36. The Morgan fingerprint density at radius 2 is 0.840 bits per heavy atom. The molecule has 6 rings (SSSR count). The second-order valence-corrected chi connectivity index (χ2v) is 14.1. The fraction of sp³-hybridized carbons (Fsp3) is 0.286. The summed E-state index contributed by atoms with van der Waals surface area (Å²) in [6.45, 7) is 12.9. The summed E-state index contributed by atoms with van der Waals surface area (Å²) in [6, 6.07) is 30.9. The molecule has 0 unspecified atom stereocenters. The number of halogens is 6. The number of benzene rings is 4. The molecular weight excluding hydrogens is 825 g/mol. The fourth-order valence-electron chi connectivity index (χ4n) is 6.17. The van der Waals surface area contributed by atoms with Gasteiger partial charge in [0, 0.05) is 35.4 Å². The third-order valence-electron chi connectivity index (χ3n) is 7.95. The van der Waals surface area contributed by atoms with E-state index in [0.29, 0.717) is 23.0 Å². The number of rotatable bonds is 6. The fourth-order valence-corrected chi connectivity index (χ4v) is 6.17. The van der Waals surface area contributed by atoms with E-state index in [4.69, 9.17) is 0 Å². The molecule has 0 saturated carbocycles. The van der Waals surface area contributed by atoms with Gasteiger partial charge in [0.05, 0.1) is 11.1 Å². The zero-order valence-electron chi connectivity index (χ0n) is 29.2. The molecule has 0 atom stereocenters. The van der Waals surface area contributed by atoms with Crippen LogP contribution in [0.25, 0.3) is 43.8 Å². The smallest absolute Gasteiger partial charge is 0.166 e. The van der Waals surface area contributed by atoms with Crippen molar-refractivity contribution in [2.75, 3.05) is 0 Å². The van der Waals surface area contributed by atoms with E-state index < -0.39 is 23.5 Å². The summed E-state index contributed by atoms with van der Waals surface area (Å²) in [4.78, 5) is 0. The topological polar surface area (TPSA) is 0 Å². The van der Waals surface area contributed by atoms with Crippen LogP contribution in [0.2, 0.25) is 13.1 Å². The Kier molecular flexibility index (Phi) is 14.7. The molecule has 0 saturated heterocycles. The van der Waals surface area contributed by atoms with Crippen LogP contribution in [-0.4, -0.2) is 9.52 Å². The Bertz CT molecular complexity index is 1820. The normalized spacial score (nSPS) is 11.6. The van der Waals surface area contributed by atoms with Crippen molar-refractivity contribution in [1.29, 1.82) is 0 Å². The van der Waals surface area contributed by atoms with Gasteiger partial charge < -0.3 is 0 Å². The van der Waals surface area contributed by atoms with Crippen molar-refractivity contribution in [3.63, 3.8) is 0 Å². The first-order chi connectivity index (χ1) is 23.1. The summed E-state index contributed by atoms with van der Waals surface area (Å²) in [7, 11) is 1.08. The summed E-state index contributed by atoms with van der Waals surface area (Å²) >= 11 is 0. The molecule has 262 valence electrons. The van der Waals surface area contributed by atoms with Gasteiger partial charge in [-0.1, -0.05) is 100 Å². The van der Waals surface area contributed by atoms with Gasteiger partial charge in [-0.05, 0) is 47.9 Å². The second kappa shape index (κ2) is 17.8. The van der Waals surface area contributed by atoms with E-state index in [-0.39, 0.29) is 37.0 Å². The molecule has 8 heteroatoms. The van der Waals surface area contributed by atoms with Gasteiger partial charge in [0.1, 0.15) is 0 Å². The molecule has 2 radical (unpaired) electrons. The van der Waals surface area contributed by atoms with Gasteiger partial charge in [-0.3, -0.25) is 0 Å². The molecule has 0 nitrogen and oxygen atoms in total. The molecule has 0 aliphatic carbocycles. The molecule has 0 fully saturated rings. The molecule has 0 N–H and O–H groups in total. The molecule has 0 aliphatic rings. The Hall–Kier alpha value is -3.23. The summed E-state index contributed by atoms with van der Waals surface area (Å²) < 4.78 is 79.9. The van der Waals surface area contributed by atoms with Crippen LogP contribution in [-0.2, 0) is 51.0 Å². The third kappa shape index (κ3) is 10.4. The van der Waals surface area contributed by atoms with Crippen LogP contribution < -0.4 is 0 Å². The SMILES string of the molecule is CC(C)Cc1cc2c(-c3ccccc3C(F)(F)F)cccc2[cH-]1.CC(C)Cc1cc2c(-c3ccccc3C(F)(F)F)cccc2[cH-]1.C[Si]C.[Hf]. The van der Waals surface area contributed by atoms with Crippen LogP contribution in [0.3, 0.4) is 0 Å². The number of hydrogen-bond acceptors (Lipinski definition) is 0. The zero-order valence-corrected chi connectivity index (χ0v) is 33.8. The average molecular weight is 867 g/mol. The quantitative estimate of drug-likeness (QED) is 0.0889. The van der Waals surface area contributed by atoms with Gasteiger partial charge in [-0.15, -0.1) is 69.1 Å². The second-order valence-electron chi connectivity index (χ2n) is 13.1. The Labute approximate surface area is 313 Å². The maximum absolute atomic E-state index is 13.3. The van der Waals surface area contributed by atoms with E-state index in [2.05, 4.69) is 52.9 Å². The maximum Gasteiger partial charge on any atom is 0.416 e. The van der Waals surface area contributed by atoms with Gasteiger partial charge in [-0.25, -0.2) is 0 Å². The van der Waals surface area contributed by atoms with Crippen LogP contribution >= 0.6 is 0 Å². The van der Waals surface area contributed by atoms with Crippen LogP contribution in [0.15, 0.2) is 109 Å². The molecule has 0 aliphatic heterocycles. The van der Waals surface area contributed by atoms with Crippen LogP contribution in [0, 0.1) is 11.8 Å². The van der Waals surface area contributed by atoms with Gasteiger partial charge in [0.15, 0.2) is 0 Å². The van der Waals surface area contributed by atoms with Gasteiger partial charge in [0.25, 0.3) is 0 Å². The number of fused-ring (bicyclic) bond motifs is 2. The van der Waals surface area contributed by atoms with Gasteiger partial charge in [0.2, 0.25) is 0 Å². The number of hydrogen-bond donors (Lipinski definition) is 0. The van der Waals surface area contributed by atoms with Crippen molar-refractivity contribution >= 4 is 31.1 Å². The molecule has 0 spiro atoms. The van der Waals surface area contributed by atoms with E-state index in [1.807, 2.05) is 36.4 Å². The minimum absolute atomic E-state index is 0. The summed E-state index contributed by atoms with van der Waals surface area (Å²) in [6.07, 6.45) is -6.86. The Morgan fingerprint density at radius 3 is 1.16 bits per heavy atom. The van der Waals surface area contributed by atoms with Crippen molar-refractivity contribution in [1.82, 2.24) is 0 Å². The monoisotopic (exact) mass is 868 g/mol. The van der Waals surface area contributed by atoms with E-state index in [1.165, 1.54) is 23.3 Å². The Balaban J connectivity index is 0.000000246. The standard InChI is InChI=1S/2C20H18F3.C2H6Si.Hf/c2*1-13(2)10-14-11-15-6-5-8-16(18(15)12-14)17-7-3-4-9-19(17)20(21,22)23;1-3-2;/h2*3-9,11-13H,10H2,1-2H3;1-2H3;/q2*-1;;. The molecule has 0 heterocycles. The molecule has 6 aromatic carbocycles. The van der Waals surface area contributed by atoms with Crippen molar-refractivity contribution in [3.8, 4) is 22.3 Å². The van der Waals surface area contributed by atoms with Gasteiger partial charge in [-0.2, -0.15) is 38.5 Å². The summed E-state index contributed by atoms with van der Waals surface area (Å²) in [5.41, 5.74) is 2.95. The predicted octanol–water partition coefficient (Wildman–Crippen LogP) is 13.7. The Morgan fingerprint density at radius 1 is 0.520 bits per heavy atom. The van der Waals surface area contributed by atoms with Crippen molar-refractivity contribution < 1.29 is 52.2 Å². The molecule has 0 aromatic heterocycles. The van der Waals surface area contributed by atoms with E-state index in [0.717, 1.165) is 56.0 Å². The van der Waals surface area contributed by atoms with Crippen molar-refractivity contribution in [2.45, 2.75) is 66.0 Å². The van der Waals surface area contributed by atoms with E-state index in [9.17, 15) is 26.3 Å². The summed E-state index contributed by atoms with van der Waals surface area (Å²) in [5, 5.41) is 3.77. The molecule has 0 amide bonds. The molecule has 50 heavy (non-hydrogen) atoms. The summed E-state index contributed by atoms with van der Waals surface area (Å²) in [5.74, 6) is 1.02. The number of alkyl halides is 6. The first-order valence-electron chi connectivity index (χ1n) is 16.4. The van der Waals surface area contributed by atoms with E-state index >= 15 is 0 Å².